The molecule has 1 saturated carbocycles. The Kier molecular flexibility index (Phi) is 6.00. The third kappa shape index (κ3) is 5.01. The second kappa shape index (κ2) is 7.99. The summed E-state index contributed by atoms with van der Waals surface area (Å²) in [6.45, 7) is 0. The van der Waals surface area contributed by atoms with E-state index < -0.39 is 0 Å². The second-order valence-corrected chi connectivity index (χ2v) is 6.04. The van der Waals surface area contributed by atoms with Crippen molar-refractivity contribution in [3.63, 3.8) is 0 Å². The van der Waals surface area contributed by atoms with Gasteiger partial charge in [0.15, 0.2) is 0 Å². The molecule has 2 rings (SSSR count). The highest BCUT2D eigenvalue weighted by atomic mass is 15.4. The number of nitrogens with zero attached hydrogens (tertiary/aromatic N) is 3. The van der Waals surface area contributed by atoms with Crippen molar-refractivity contribution < 1.29 is 0 Å². The molecule has 3 heteroatoms. The van der Waals surface area contributed by atoms with E-state index in [1.54, 1.807) is 0 Å². The first-order chi connectivity index (χ1) is 10.2. The average Bonchev–Trinajstić information content (AvgIpc) is 2.52. The van der Waals surface area contributed by atoms with Gasteiger partial charge >= 0.3 is 0 Å². The van der Waals surface area contributed by atoms with E-state index in [0.29, 0.717) is 0 Å². The lowest BCUT2D eigenvalue weighted by molar-refractivity contribution is 0.209. The lowest BCUT2D eigenvalue weighted by Crippen LogP contribution is -2.31. The van der Waals surface area contributed by atoms with Crippen LogP contribution in [0.1, 0.15) is 25.7 Å². The Morgan fingerprint density at radius 3 is 2.29 bits per heavy atom. The number of hydrogen-bond donors (Lipinski definition) is 0. The van der Waals surface area contributed by atoms with Crippen molar-refractivity contribution in [2.75, 3.05) is 26.2 Å². The van der Waals surface area contributed by atoms with Gasteiger partial charge in [0.25, 0.3) is 0 Å². The fourth-order valence-electron chi connectivity index (χ4n) is 2.87. The minimum Gasteiger partial charge on any atom is -0.306 e. The molecule has 21 heavy (non-hydrogen) atoms. The third-order valence-corrected chi connectivity index (χ3v) is 4.31. The summed E-state index contributed by atoms with van der Waals surface area (Å²) in [6.07, 6.45) is 11.5. The van der Waals surface area contributed by atoms with Gasteiger partial charge in [-0.1, -0.05) is 24.3 Å². The van der Waals surface area contributed by atoms with Crippen LogP contribution >= 0.6 is 0 Å². The summed E-state index contributed by atoms with van der Waals surface area (Å²) >= 11 is 0. The minimum atomic E-state index is 0.717. The fraction of sp³-hybridized carbons (Fsp3) is 0.500. The van der Waals surface area contributed by atoms with Crippen molar-refractivity contribution in [1.82, 2.24) is 4.90 Å². The van der Waals surface area contributed by atoms with Crippen molar-refractivity contribution in [2.45, 2.75) is 31.7 Å². The van der Waals surface area contributed by atoms with Gasteiger partial charge in [0.2, 0.25) is 0 Å². The number of allylic oxidation sites excluding steroid dienone is 2. The van der Waals surface area contributed by atoms with Crippen molar-refractivity contribution >= 4 is 11.9 Å². The van der Waals surface area contributed by atoms with Crippen LogP contribution in [-0.2, 0) is 0 Å². The molecule has 1 aliphatic rings. The molecule has 0 bridgehead atoms. The number of para-hydroxylation sites is 1. The SMILES string of the molecule is CN(N=CC=CC1CCC(N(C)C)CC1)c1ccccc1. The molecular weight excluding hydrogens is 258 g/mol. The molecule has 1 aliphatic carbocycles. The summed E-state index contributed by atoms with van der Waals surface area (Å²) in [7, 11) is 6.35. The summed E-state index contributed by atoms with van der Waals surface area (Å²) in [6, 6.07) is 11.0. The minimum absolute atomic E-state index is 0.717. The van der Waals surface area contributed by atoms with Gasteiger partial charge in [-0.15, -0.1) is 0 Å². The molecule has 0 radical (unpaired) electrons. The molecule has 0 atom stereocenters. The first-order valence-corrected chi connectivity index (χ1v) is 7.83. The van der Waals surface area contributed by atoms with Crippen molar-refractivity contribution in [3.8, 4) is 0 Å². The molecule has 0 saturated heterocycles. The summed E-state index contributed by atoms with van der Waals surface area (Å²) in [5.41, 5.74) is 1.11. The second-order valence-electron chi connectivity index (χ2n) is 6.04. The maximum atomic E-state index is 4.44. The van der Waals surface area contributed by atoms with Crippen LogP contribution < -0.4 is 5.01 Å². The van der Waals surface area contributed by atoms with E-state index in [2.05, 4.69) is 48.4 Å². The molecule has 0 aliphatic heterocycles. The zero-order valence-corrected chi connectivity index (χ0v) is 13.4. The Labute approximate surface area is 129 Å². The van der Waals surface area contributed by atoms with Gasteiger partial charge in [-0.05, 0) is 63.9 Å². The van der Waals surface area contributed by atoms with E-state index in [0.717, 1.165) is 17.6 Å². The summed E-state index contributed by atoms with van der Waals surface area (Å²) in [5.74, 6) is 0.717. The van der Waals surface area contributed by atoms with E-state index >= 15 is 0 Å². The van der Waals surface area contributed by atoms with Gasteiger partial charge in [0.05, 0.1) is 5.69 Å². The number of rotatable bonds is 5. The molecule has 0 aromatic heterocycles. The van der Waals surface area contributed by atoms with Crippen LogP contribution in [-0.4, -0.2) is 38.3 Å². The highest BCUT2D eigenvalue weighted by Crippen LogP contribution is 2.27. The van der Waals surface area contributed by atoms with Crippen LogP contribution in [0.4, 0.5) is 5.69 Å². The zero-order valence-electron chi connectivity index (χ0n) is 13.4. The Hall–Kier alpha value is -1.61. The van der Waals surface area contributed by atoms with E-state index in [-0.39, 0.29) is 0 Å². The zero-order chi connectivity index (χ0) is 15.1. The predicted octanol–water partition coefficient (Wildman–Crippen LogP) is 3.79. The number of hydrogen-bond acceptors (Lipinski definition) is 3. The molecule has 0 N–H and O–H groups in total. The van der Waals surface area contributed by atoms with Crippen LogP contribution in [0.5, 0.6) is 0 Å². The van der Waals surface area contributed by atoms with Crippen LogP contribution in [0.2, 0.25) is 0 Å². The molecule has 0 spiro atoms. The lowest BCUT2D eigenvalue weighted by Gasteiger charge is -2.31. The fourth-order valence-corrected chi connectivity index (χ4v) is 2.87. The Balaban J connectivity index is 1.77. The van der Waals surface area contributed by atoms with E-state index in [1.165, 1.54) is 25.7 Å². The van der Waals surface area contributed by atoms with Gasteiger partial charge in [-0.3, -0.25) is 5.01 Å². The monoisotopic (exact) mass is 285 g/mol. The molecule has 3 nitrogen and oxygen atoms in total. The molecule has 1 aromatic rings. The van der Waals surface area contributed by atoms with Gasteiger partial charge in [-0.25, -0.2) is 0 Å². The van der Waals surface area contributed by atoms with Crippen molar-refractivity contribution in [3.05, 3.63) is 42.5 Å². The molecule has 114 valence electrons. The predicted molar refractivity (Wildman–Crippen MR) is 91.9 cm³/mol. The Morgan fingerprint density at radius 1 is 1.00 bits per heavy atom. The van der Waals surface area contributed by atoms with E-state index in [1.807, 2.05) is 36.5 Å². The maximum Gasteiger partial charge on any atom is 0.0590 e. The molecule has 1 fully saturated rings. The highest BCUT2D eigenvalue weighted by Gasteiger charge is 2.20. The Bertz CT molecular complexity index is 457. The van der Waals surface area contributed by atoms with E-state index in [4.69, 9.17) is 0 Å². The molecule has 1 aromatic carbocycles. The van der Waals surface area contributed by atoms with Gasteiger partial charge in [0.1, 0.15) is 0 Å². The van der Waals surface area contributed by atoms with Crippen LogP contribution in [0.15, 0.2) is 47.6 Å². The lowest BCUT2D eigenvalue weighted by atomic mass is 9.85. The average molecular weight is 285 g/mol. The normalized spacial score (nSPS) is 23.2. The maximum absolute atomic E-state index is 4.44. The summed E-state index contributed by atoms with van der Waals surface area (Å²) < 4.78 is 0. The van der Waals surface area contributed by atoms with Crippen LogP contribution in [0.25, 0.3) is 0 Å². The third-order valence-electron chi connectivity index (χ3n) is 4.31. The summed E-state index contributed by atoms with van der Waals surface area (Å²) in [5, 5.41) is 6.33. The topological polar surface area (TPSA) is 18.8 Å². The number of benzene rings is 1. The quantitative estimate of drug-likeness (QED) is 0.605. The van der Waals surface area contributed by atoms with Gasteiger partial charge < -0.3 is 4.90 Å². The van der Waals surface area contributed by atoms with E-state index in [9.17, 15) is 0 Å². The van der Waals surface area contributed by atoms with Gasteiger partial charge in [0, 0.05) is 19.3 Å². The van der Waals surface area contributed by atoms with Crippen LogP contribution in [0, 0.1) is 5.92 Å². The molecule has 0 heterocycles. The van der Waals surface area contributed by atoms with Gasteiger partial charge in [-0.2, -0.15) is 5.10 Å². The molecule has 0 amide bonds. The number of hydrazone groups is 1. The molecular formula is C18H27N3. The van der Waals surface area contributed by atoms with Crippen molar-refractivity contribution in [1.29, 1.82) is 0 Å². The van der Waals surface area contributed by atoms with Crippen LogP contribution in [0.3, 0.4) is 0 Å². The smallest absolute Gasteiger partial charge is 0.0590 e. The standard InChI is InChI=1S/C18H27N3/c1-20(2)17-13-11-16(12-14-17)8-7-15-19-21(3)18-9-5-4-6-10-18/h4-10,15-17H,11-14H2,1-3H3. The Morgan fingerprint density at radius 2 is 1.67 bits per heavy atom. The van der Waals surface area contributed by atoms with Crippen molar-refractivity contribution in [2.24, 2.45) is 11.0 Å². The molecule has 0 unspecified atom stereocenters. The summed E-state index contributed by atoms with van der Waals surface area (Å²) in [4.78, 5) is 2.36. The first kappa shape index (κ1) is 15.8. The highest BCUT2D eigenvalue weighted by molar-refractivity contribution is 5.72. The largest absolute Gasteiger partial charge is 0.306 e. The number of anilines is 1. The first-order valence-electron chi connectivity index (χ1n) is 7.83.